The molecule has 1 aromatic carbocycles. The highest BCUT2D eigenvalue weighted by molar-refractivity contribution is 6.30. The highest BCUT2D eigenvalue weighted by atomic mass is 35.5. The first-order valence-electron chi connectivity index (χ1n) is 4.33. The third kappa shape index (κ3) is 1.66. The van der Waals surface area contributed by atoms with E-state index in [1.807, 2.05) is 0 Å². The number of nitrogens with zero attached hydrogens (tertiary/aromatic N) is 1. The van der Waals surface area contributed by atoms with Gasteiger partial charge in [-0.25, -0.2) is 13.6 Å². The zero-order valence-electron chi connectivity index (χ0n) is 7.56. The molecule has 0 aromatic heterocycles. The SMILES string of the molecule is O=C=NC1(c2cc(F)cc(Cl)c2F)CC1. The summed E-state index contributed by atoms with van der Waals surface area (Å²) in [6, 6.07) is 1.91. The summed E-state index contributed by atoms with van der Waals surface area (Å²) in [5, 5.41) is -0.294. The zero-order chi connectivity index (χ0) is 11.1. The van der Waals surface area contributed by atoms with E-state index in [1.54, 1.807) is 0 Å². The molecule has 1 aliphatic rings. The summed E-state index contributed by atoms with van der Waals surface area (Å²) >= 11 is 5.50. The van der Waals surface area contributed by atoms with Gasteiger partial charge >= 0.3 is 0 Å². The molecule has 5 heteroatoms. The lowest BCUT2D eigenvalue weighted by Crippen LogP contribution is -2.06. The summed E-state index contributed by atoms with van der Waals surface area (Å²) in [6.45, 7) is 0. The second-order valence-corrected chi connectivity index (χ2v) is 3.89. The minimum Gasteiger partial charge on any atom is -0.211 e. The van der Waals surface area contributed by atoms with Gasteiger partial charge in [0, 0.05) is 5.56 Å². The molecule has 0 bridgehead atoms. The summed E-state index contributed by atoms with van der Waals surface area (Å²) in [5.74, 6) is -1.35. The smallest absolute Gasteiger partial charge is 0.211 e. The minimum atomic E-state index is -0.933. The lowest BCUT2D eigenvalue weighted by molar-refractivity contribution is 0.541. The molecule has 0 amide bonds. The van der Waals surface area contributed by atoms with Gasteiger partial charge in [0.15, 0.2) is 0 Å². The molecular formula is C10H6ClF2NO. The van der Waals surface area contributed by atoms with E-state index in [4.69, 9.17) is 11.6 Å². The van der Waals surface area contributed by atoms with Gasteiger partial charge in [-0.3, -0.25) is 0 Å². The lowest BCUT2D eigenvalue weighted by Gasteiger charge is -2.10. The Balaban J connectivity index is 2.57. The fourth-order valence-electron chi connectivity index (χ4n) is 1.54. The van der Waals surface area contributed by atoms with E-state index in [2.05, 4.69) is 4.99 Å². The maximum Gasteiger partial charge on any atom is 0.235 e. The van der Waals surface area contributed by atoms with Crippen LogP contribution in [0.5, 0.6) is 0 Å². The normalized spacial score (nSPS) is 17.0. The molecule has 2 nitrogen and oxygen atoms in total. The molecule has 0 heterocycles. The first-order chi connectivity index (χ1) is 7.09. The standard InChI is InChI=1S/C10H6ClF2NO/c11-8-4-6(12)3-7(9(8)13)10(1-2-10)14-5-15/h3-4H,1-2H2. The number of halogens is 3. The molecule has 78 valence electrons. The monoisotopic (exact) mass is 229 g/mol. The van der Waals surface area contributed by atoms with Gasteiger partial charge < -0.3 is 0 Å². The summed E-state index contributed by atoms with van der Waals surface area (Å²) in [7, 11) is 0. The molecule has 1 fully saturated rings. The summed E-state index contributed by atoms with van der Waals surface area (Å²) < 4.78 is 26.6. The van der Waals surface area contributed by atoms with Crippen molar-refractivity contribution in [2.45, 2.75) is 18.4 Å². The summed E-state index contributed by atoms with van der Waals surface area (Å²) in [5.41, 5.74) is -0.895. The number of hydrogen-bond donors (Lipinski definition) is 0. The maximum atomic E-state index is 13.6. The van der Waals surface area contributed by atoms with Crippen LogP contribution in [-0.4, -0.2) is 6.08 Å². The molecule has 0 atom stereocenters. The average molecular weight is 230 g/mol. The van der Waals surface area contributed by atoms with E-state index < -0.39 is 17.2 Å². The van der Waals surface area contributed by atoms with Crippen LogP contribution in [-0.2, 0) is 10.3 Å². The topological polar surface area (TPSA) is 29.4 Å². The summed E-state index contributed by atoms with van der Waals surface area (Å²) in [4.78, 5) is 13.7. The minimum absolute atomic E-state index is 0.0378. The second kappa shape index (κ2) is 3.40. The van der Waals surface area contributed by atoms with Gasteiger partial charge in [0.05, 0.1) is 5.02 Å². The van der Waals surface area contributed by atoms with Gasteiger partial charge in [-0.15, -0.1) is 0 Å². The fraction of sp³-hybridized carbons (Fsp3) is 0.300. The van der Waals surface area contributed by atoms with Crippen LogP contribution in [0.3, 0.4) is 0 Å². The summed E-state index contributed by atoms with van der Waals surface area (Å²) in [6.07, 6.45) is 2.40. The maximum absolute atomic E-state index is 13.6. The Bertz CT molecular complexity index is 465. The molecule has 0 radical (unpaired) electrons. The van der Waals surface area contributed by atoms with Crippen molar-refractivity contribution in [3.8, 4) is 0 Å². The number of rotatable bonds is 2. The highest BCUT2D eigenvalue weighted by Crippen LogP contribution is 2.50. The van der Waals surface area contributed by atoms with Crippen molar-refractivity contribution in [3.63, 3.8) is 0 Å². The third-order valence-electron chi connectivity index (χ3n) is 2.48. The molecule has 2 rings (SSSR count). The van der Waals surface area contributed by atoms with Crippen LogP contribution in [0.1, 0.15) is 18.4 Å². The van der Waals surface area contributed by atoms with Crippen molar-refractivity contribution < 1.29 is 13.6 Å². The van der Waals surface area contributed by atoms with Gasteiger partial charge in [-0.1, -0.05) is 11.6 Å². The van der Waals surface area contributed by atoms with E-state index in [-0.39, 0.29) is 10.6 Å². The Labute approximate surface area is 89.6 Å². The first kappa shape index (κ1) is 10.3. The highest BCUT2D eigenvalue weighted by Gasteiger charge is 2.47. The van der Waals surface area contributed by atoms with Crippen LogP contribution in [0.2, 0.25) is 5.02 Å². The van der Waals surface area contributed by atoms with E-state index >= 15 is 0 Å². The Morgan fingerprint density at radius 3 is 2.60 bits per heavy atom. The Morgan fingerprint density at radius 2 is 2.07 bits per heavy atom. The van der Waals surface area contributed by atoms with Crippen molar-refractivity contribution in [2.75, 3.05) is 0 Å². The van der Waals surface area contributed by atoms with Crippen LogP contribution >= 0.6 is 11.6 Å². The number of benzene rings is 1. The number of isocyanates is 1. The molecule has 15 heavy (non-hydrogen) atoms. The first-order valence-corrected chi connectivity index (χ1v) is 4.71. The third-order valence-corrected chi connectivity index (χ3v) is 2.75. The average Bonchev–Trinajstić information content (AvgIpc) is 2.93. The molecule has 1 saturated carbocycles. The van der Waals surface area contributed by atoms with Gasteiger partial charge in [-0.2, -0.15) is 4.99 Å². The predicted octanol–water partition coefficient (Wildman–Crippen LogP) is 2.94. The Kier molecular flexibility index (Phi) is 2.33. The molecule has 1 aromatic rings. The molecular weight excluding hydrogens is 224 g/mol. The fourth-order valence-corrected chi connectivity index (χ4v) is 1.75. The number of aliphatic imine (C=N–C) groups is 1. The van der Waals surface area contributed by atoms with Crippen LogP contribution in [0, 0.1) is 11.6 Å². The molecule has 1 aliphatic carbocycles. The quantitative estimate of drug-likeness (QED) is 0.436. The van der Waals surface area contributed by atoms with Crippen LogP contribution in [0.15, 0.2) is 17.1 Å². The number of hydrogen-bond acceptors (Lipinski definition) is 2. The molecule has 0 N–H and O–H groups in total. The van der Waals surface area contributed by atoms with Crippen LogP contribution < -0.4 is 0 Å². The molecule has 0 aliphatic heterocycles. The second-order valence-electron chi connectivity index (χ2n) is 3.48. The molecule has 0 unspecified atom stereocenters. The van der Waals surface area contributed by atoms with Crippen LogP contribution in [0.4, 0.5) is 8.78 Å². The number of carbonyl (C=O) groups excluding carboxylic acids is 1. The van der Waals surface area contributed by atoms with Crippen LogP contribution in [0.25, 0.3) is 0 Å². The van der Waals surface area contributed by atoms with Gasteiger partial charge in [0.25, 0.3) is 0 Å². The van der Waals surface area contributed by atoms with Crippen molar-refractivity contribution in [3.05, 3.63) is 34.4 Å². The largest absolute Gasteiger partial charge is 0.235 e. The van der Waals surface area contributed by atoms with Gasteiger partial charge in [0.2, 0.25) is 6.08 Å². The Hall–Kier alpha value is -1.25. The van der Waals surface area contributed by atoms with Gasteiger partial charge in [0.1, 0.15) is 17.2 Å². The Morgan fingerprint density at radius 1 is 1.40 bits per heavy atom. The van der Waals surface area contributed by atoms with Crippen molar-refractivity contribution >= 4 is 17.7 Å². The van der Waals surface area contributed by atoms with E-state index in [0.717, 1.165) is 12.1 Å². The van der Waals surface area contributed by atoms with Crippen molar-refractivity contribution in [1.82, 2.24) is 0 Å². The zero-order valence-corrected chi connectivity index (χ0v) is 8.31. The van der Waals surface area contributed by atoms with Crippen molar-refractivity contribution in [2.24, 2.45) is 4.99 Å². The van der Waals surface area contributed by atoms with Gasteiger partial charge in [-0.05, 0) is 25.0 Å². The molecule has 0 saturated heterocycles. The molecule has 0 spiro atoms. The van der Waals surface area contributed by atoms with E-state index in [9.17, 15) is 13.6 Å². The lowest BCUT2D eigenvalue weighted by atomic mass is 10.0. The van der Waals surface area contributed by atoms with E-state index in [0.29, 0.717) is 12.8 Å². The predicted molar refractivity (Wildman–Crippen MR) is 50.4 cm³/mol. The van der Waals surface area contributed by atoms with E-state index in [1.165, 1.54) is 6.08 Å². The van der Waals surface area contributed by atoms with Crippen molar-refractivity contribution in [1.29, 1.82) is 0 Å².